The number of carbonyl (C=O) groups is 2. The lowest BCUT2D eigenvalue weighted by atomic mass is 10.0. The first-order chi connectivity index (χ1) is 29.0. The molecule has 0 radical (unpaired) electrons. The molecule has 0 aromatic carbocycles. The fourth-order valence-corrected chi connectivity index (χ4v) is 7.53. The van der Waals surface area contributed by atoms with Crippen LogP contribution in [0.4, 0.5) is 0 Å². The molecule has 3 unspecified atom stereocenters. The van der Waals surface area contributed by atoms with Gasteiger partial charge in [0, 0.05) is 6.42 Å². The number of unbranched alkanes of at least 4 members (excludes halogenated alkanes) is 27. The summed E-state index contributed by atoms with van der Waals surface area (Å²) in [6, 6.07) is -0.709. The van der Waals surface area contributed by atoms with E-state index in [1.807, 2.05) is 0 Å². The molecule has 0 aliphatic carbocycles. The van der Waals surface area contributed by atoms with Crippen LogP contribution >= 0.6 is 0 Å². The number of rotatable bonds is 45. The zero-order valence-corrected chi connectivity index (χ0v) is 39.1. The van der Waals surface area contributed by atoms with Gasteiger partial charge in [-0.1, -0.05) is 211 Å². The molecule has 6 nitrogen and oxygen atoms in total. The number of allylic oxidation sites excluding steroid dienone is 8. The van der Waals surface area contributed by atoms with Crippen molar-refractivity contribution in [2.45, 2.75) is 270 Å². The first-order valence-electron chi connectivity index (χ1n) is 25.4. The van der Waals surface area contributed by atoms with Gasteiger partial charge in [-0.3, -0.25) is 9.59 Å². The van der Waals surface area contributed by atoms with Gasteiger partial charge >= 0.3 is 5.97 Å². The molecule has 6 heteroatoms. The highest BCUT2D eigenvalue weighted by atomic mass is 16.5. The molecule has 0 spiro atoms. The molecule has 0 bridgehead atoms. The molecule has 59 heavy (non-hydrogen) atoms. The second kappa shape index (κ2) is 46.9. The quantitative estimate of drug-likeness (QED) is 0.0323. The molecular formula is C53H97NO5. The monoisotopic (exact) mass is 828 g/mol. The molecule has 0 rings (SSSR count). The van der Waals surface area contributed by atoms with Crippen molar-refractivity contribution < 1.29 is 24.5 Å². The van der Waals surface area contributed by atoms with Crippen LogP contribution in [0, 0.1) is 0 Å². The first kappa shape index (κ1) is 56.8. The van der Waals surface area contributed by atoms with E-state index in [2.05, 4.69) is 74.7 Å². The minimum Gasteiger partial charge on any atom is -0.462 e. The van der Waals surface area contributed by atoms with Crippen LogP contribution in [0.25, 0.3) is 0 Å². The van der Waals surface area contributed by atoms with E-state index in [0.717, 1.165) is 83.5 Å². The maximum Gasteiger partial charge on any atom is 0.306 e. The van der Waals surface area contributed by atoms with Crippen molar-refractivity contribution in [3.63, 3.8) is 0 Å². The molecule has 0 fully saturated rings. The SMILES string of the molecule is CCCCC/C=C/C=C/CCCCCCCCC(=O)OC(CCCCCC/C=C/C=C/CCCCC)CC(=O)NC(CO)C(O)CCCCCCCCCCCCCC. The number of hydrogen-bond donors (Lipinski definition) is 3. The second-order valence-corrected chi connectivity index (χ2v) is 17.3. The van der Waals surface area contributed by atoms with E-state index in [1.165, 1.54) is 122 Å². The van der Waals surface area contributed by atoms with Crippen LogP contribution in [-0.4, -0.2) is 46.9 Å². The minimum atomic E-state index is -0.794. The minimum absolute atomic E-state index is 0.0595. The van der Waals surface area contributed by atoms with E-state index in [4.69, 9.17) is 4.74 Å². The third-order valence-corrected chi connectivity index (χ3v) is 11.4. The molecule has 1 amide bonds. The second-order valence-electron chi connectivity index (χ2n) is 17.3. The van der Waals surface area contributed by atoms with Gasteiger partial charge in [0.1, 0.15) is 6.10 Å². The molecule has 0 aromatic rings. The summed E-state index contributed by atoms with van der Waals surface area (Å²) < 4.78 is 5.92. The largest absolute Gasteiger partial charge is 0.462 e. The highest BCUT2D eigenvalue weighted by Crippen LogP contribution is 2.17. The zero-order chi connectivity index (χ0) is 43.1. The van der Waals surface area contributed by atoms with Crippen molar-refractivity contribution in [2.24, 2.45) is 0 Å². The van der Waals surface area contributed by atoms with E-state index >= 15 is 0 Å². The Kier molecular flexibility index (Phi) is 45.1. The van der Waals surface area contributed by atoms with Crippen molar-refractivity contribution in [3.05, 3.63) is 48.6 Å². The fourth-order valence-electron chi connectivity index (χ4n) is 7.53. The number of carbonyl (C=O) groups excluding carboxylic acids is 2. The number of amides is 1. The van der Waals surface area contributed by atoms with Crippen molar-refractivity contribution in [3.8, 4) is 0 Å². The van der Waals surface area contributed by atoms with Crippen molar-refractivity contribution in [2.75, 3.05) is 6.61 Å². The van der Waals surface area contributed by atoms with E-state index in [-0.39, 0.29) is 24.9 Å². The zero-order valence-electron chi connectivity index (χ0n) is 39.1. The van der Waals surface area contributed by atoms with E-state index in [0.29, 0.717) is 19.3 Å². The first-order valence-corrected chi connectivity index (χ1v) is 25.4. The Morgan fingerprint density at radius 3 is 1.29 bits per heavy atom. The lowest BCUT2D eigenvalue weighted by Crippen LogP contribution is -2.46. The molecule has 344 valence electrons. The van der Waals surface area contributed by atoms with Gasteiger partial charge in [-0.15, -0.1) is 0 Å². The standard InChI is InChI=1S/C53H97NO5/c1-4-7-10-13-16-19-22-25-26-28-31-34-37-40-43-46-53(58)59-49(44-41-38-35-32-29-27-23-20-17-14-11-8-5-2)47-52(57)54-50(48-55)51(56)45-42-39-36-33-30-24-21-18-15-12-9-6-3/h16-17,19-20,22-23,25,27,49-51,55-56H,4-15,18,21,24,26,28-48H2,1-3H3,(H,54,57)/b19-16+,20-17+,25-22+,27-23+. The molecular weight excluding hydrogens is 731 g/mol. The lowest BCUT2D eigenvalue weighted by Gasteiger charge is -2.24. The van der Waals surface area contributed by atoms with Gasteiger partial charge in [-0.2, -0.15) is 0 Å². The van der Waals surface area contributed by atoms with Crippen LogP contribution in [0.15, 0.2) is 48.6 Å². The van der Waals surface area contributed by atoms with Gasteiger partial charge in [0.25, 0.3) is 0 Å². The van der Waals surface area contributed by atoms with Gasteiger partial charge in [-0.05, 0) is 77.0 Å². The van der Waals surface area contributed by atoms with Crippen LogP contribution in [0.1, 0.15) is 252 Å². The van der Waals surface area contributed by atoms with Crippen LogP contribution in [0.3, 0.4) is 0 Å². The number of hydrogen-bond acceptors (Lipinski definition) is 5. The summed E-state index contributed by atoms with van der Waals surface area (Å²) in [5.74, 6) is -0.504. The third kappa shape index (κ3) is 42.3. The summed E-state index contributed by atoms with van der Waals surface area (Å²) >= 11 is 0. The van der Waals surface area contributed by atoms with E-state index in [9.17, 15) is 19.8 Å². The van der Waals surface area contributed by atoms with Crippen molar-refractivity contribution in [1.82, 2.24) is 5.32 Å². The Balaban J connectivity index is 4.62. The predicted molar refractivity (Wildman–Crippen MR) is 255 cm³/mol. The molecule has 0 aliphatic heterocycles. The van der Waals surface area contributed by atoms with Gasteiger partial charge in [-0.25, -0.2) is 0 Å². The summed E-state index contributed by atoms with van der Waals surface area (Å²) in [7, 11) is 0. The summed E-state index contributed by atoms with van der Waals surface area (Å²) in [5.41, 5.74) is 0. The van der Waals surface area contributed by atoms with Crippen LogP contribution in [0.2, 0.25) is 0 Å². The summed E-state index contributed by atoms with van der Waals surface area (Å²) in [5, 5.41) is 23.7. The normalized spacial score (nSPS) is 13.6. The summed E-state index contributed by atoms with van der Waals surface area (Å²) in [6.07, 6.45) is 55.9. The Labute approximate surface area is 366 Å². The Morgan fingerprint density at radius 1 is 0.492 bits per heavy atom. The summed E-state index contributed by atoms with van der Waals surface area (Å²) in [6.45, 7) is 6.41. The smallest absolute Gasteiger partial charge is 0.306 e. The lowest BCUT2D eigenvalue weighted by molar-refractivity contribution is -0.151. The topological polar surface area (TPSA) is 95.9 Å². The van der Waals surface area contributed by atoms with E-state index < -0.39 is 18.2 Å². The molecule has 0 aromatic heterocycles. The Hall–Kier alpha value is -2.18. The van der Waals surface area contributed by atoms with Crippen molar-refractivity contribution in [1.29, 1.82) is 0 Å². The highest BCUT2D eigenvalue weighted by molar-refractivity contribution is 5.77. The van der Waals surface area contributed by atoms with Gasteiger partial charge in [0.2, 0.25) is 5.91 Å². The number of aliphatic hydroxyl groups is 2. The van der Waals surface area contributed by atoms with Crippen LogP contribution in [0.5, 0.6) is 0 Å². The molecule has 0 saturated carbocycles. The average molecular weight is 828 g/mol. The number of esters is 1. The Morgan fingerprint density at radius 2 is 0.847 bits per heavy atom. The van der Waals surface area contributed by atoms with E-state index in [1.54, 1.807) is 0 Å². The average Bonchev–Trinajstić information content (AvgIpc) is 3.23. The van der Waals surface area contributed by atoms with Gasteiger partial charge < -0.3 is 20.3 Å². The summed E-state index contributed by atoms with van der Waals surface area (Å²) in [4.78, 5) is 26.1. The fraction of sp³-hybridized carbons (Fsp3) is 0.811. The van der Waals surface area contributed by atoms with Crippen LogP contribution < -0.4 is 5.32 Å². The number of aliphatic hydroxyl groups excluding tert-OH is 2. The molecule has 3 atom stereocenters. The molecule has 3 N–H and O–H groups in total. The third-order valence-electron chi connectivity index (χ3n) is 11.4. The maximum absolute atomic E-state index is 13.2. The maximum atomic E-state index is 13.2. The molecule has 0 heterocycles. The number of nitrogens with one attached hydrogen (secondary N) is 1. The Bertz CT molecular complexity index is 1020. The van der Waals surface area contributed by atoms with Crippen molar-refractivity contribution >= 4 is 11.9 Å². The van der Waals surface area contributed by atoms with Gasteiger partial charge in [0.15, 0.2) is 0 Å². The highest BCUT2D eigenvalue weighted by Gasteiger charge is 2.24. The molecule has 0 aliphatic rings. The molecule has 0 saturated heterocycles. The number of ether oxygens (including phenoxy) is 1. The van der Waals surface area contributed by atoms with Gasteiger partial charge in [0.05, 0.1) is 25.2 Å². The van der Waals surface area contributed by atoms with Crippen LogP contribution in [-0.2, 0) is 14.3 Å². The predicted octanol–water partition coefficient (Wildman–Crippen LogP) is 15.1.